The van der Waals surface area contributed by atoms with Crippen LogP contribution in [0, 0.1) is 17.2 Å². The van der Waals surface area contributed by atoms with Crippen LogP contribution in [0.3, 0.4) is 0 Å². The quantitative estimate of drug-likeness (QED) is 0.461. The number of anilines is 2. The number of nitrogens with zero attached hydrogens (tertiary/aromatic N) is 5. The van der Waals surface area contributed by atoms with Gasteiger partial charge in [-0.1, -0.05) is 6.07 Å². The molecular formula is C31H31F3N6O2. The van der Waals surface area contributed by atoms with Gasteiger partial charge in [-0.15, -0.1) is 0 Å². The van der Waals surface area contributed by atoms with Crippen molar-refractivity contribution in [1.29, 1.82) is 5.26 Å². The van der Waals surface area contributed by atoms with Crippen LogP contribution < -0.4 is 19.9 Å². The van der Waals surface area contributed by atoms with Gasteiger partial charge in [0.25, 0.3) is 0 Å². The van der Waals surface area contributed by atoms with Gasteiger partial charge in [-0.2, -0.15) is 18.4 Å². The molecule has 8 nitrogen and oxygen atoms in total. The number of fused-ring (bicyclic) bond motifs is 2. The average molecular weight is 577 g/mol. The summed E-state index contributed by atoms with van der Waals surface area (Å²) in [5.41, 5.74) is 1.74. The highest BCUT2D eigenvalue weighted by Gasteiger charge is 2.49. The SMILES string of the molecule is CCOc1ncccc1-c1ccc2c(n1)N(C(=O)[C@@H]1CCNC1)CC21CCN(c2ccc(C(F)(F)F)cc2C#N)CC1. The molecule has 0 unspecified atom stereocenters. The van der Waals surface area contributed by atoms with E-state index in [4.69, 9.17) is 9.72 Å². The molecule has 1 N–H and O–H groups in total. The average Bonchev–Trinajstić information content (AvgIpc) is 3.64. The van der Waals surface area contributed by atoms with Crippen molar-refractivity contribution in [3.8, 4) is 23.2 Å². The topological polar surface area (TPSA) is 94.4 Å². The molecule has 1 amide bonds. The number of carbonyl (C=O) groups excluding carboxylic acids is 1. The number of hydrogen-bond donors (Lipinski definition) is 1. The predicted octanol–water partition coefficient (Wildman–Crippen LogP) is 4.93. The summed E-state index contributed by atoms with van der Waals surface area (Å²) >= 11 is 0. The summed E-state index contributed by atoms with van der Waals surface area (Å²) in [7, 11) is 0. The summed E-state index contributed by atoms with van der Waals surface area (Å²) in [4.78, 5) is 27.0. The molecule has 1 atom stereocenters. The molecule has 5 heterocycles. The van der Waals surface area contributed by atoms with Crippen LogP contribution in [0.5, 0.6) is 5.88 Å². The van der Waals surface area contributed by atoms with Gasteiger partial charge in [-0.25, -0.2) is 9.97 Å². The van der Waals surface area contributed by atoms with E-state index in [0.717, 1.165) is 36.2 Å². The molecule has 3 aliphatic rings. The minimum Gasteiger partial charge on any atom is -0.477 e. The van der Waals surface area contributed by atoms with Gasteiger partial charge in [-0.3, -0.25) is 9.69 Å². The van der Waals surface area contributed by atoms with E-state index in [-0.39, 0.29) is 22.8 Å². The van der Waals surface area contributed by atoms with Crippen molar-refractivity contribution < 1.29 is 22.7 Å². The number of halogens is 3. The summed E-state index contributed by atoms with van der Waals surface area (Å²) in [5.74, 6) is 1.06. The molecule has 0 radical (unpaired) electrons. The van der Waals surface area contributed by atoms with Gasteiger partial charge in [-0.05, 0) is 69.1 Å². The Labute approximate surface area is 242 Å². The minimum atomic E-state index is -4.51. The number of hydrogen-bond acceptors (Lipinski definition) is 7. The van der Waals surface area contributed by atoms with Crippen molar-refractivity contribution in [2.75, 3.05) is 49.1 Å². The van der Waals surface area contributed by atoms with Crippen molar-refractivity contribution in [2.24, 2.45) is 5.92 Å². The van der Waals surface area contributed by atoms with Gasteiger partial charge in [0.2, 0.25) is 11.8 Å². The van der Waals surface area contributed by atoms with Gasteiger partial charge in [0.1, 0.15) is 11.9 Å². The second kappa shape index (κ2) is 10.9. The van der Waals surface area contributed by atoms with Crippen LogP contribution in [-0.4, -0.2) is 55.2 Å². The van der Waals surface area contributed by atoms with Crippen molar-refractivity contribution >= 4 is 17.4 Å². The number of piperidine rings is 1. The normalized spacial score (nSPS) is 19.5. The summed E-state index contributed by atoms with van der Waals surface area (Å²) in [5, 5.41) is 12.9. The molecule has 1 aromatic carbocycles. The second-order valence-electron chi connectivity index (χ2n) is 11.1. The van der Waals surface area contributed by atoms with Crippen molar-refractivity contribution in [1.82, 2.24) is 15.3 Å². The number of ether oxygens (including phenoxy) is 1. The molecule has 6 rings (SSSR count). The highest BCUT2D eigenvalue weighted by Crippen LogP contribution is 2.48. The van der Waals surface area contributed by atoms with Crippen LogP contribution in [0.2, 0.25) is 0 Å². The Bertz CT molecular complexity index is 1540. The predicted molar refractivity (Wildman–Crippen MR) is 151 cm³/mol. The first-order valence-electron chi connectivity index (χ1n) is 14.2. The minimum absolute atomic E-state index is 0.00557. The third kappa shape index (κ3) is 4.94. The van der Waals surface area contributed by atoms with E-state index < -0.39 is 11.7 Å². The third-order valence-corrected chi connectivity index (χ3v) is 8.67. The number of pyridine rings is 2. The van der Waals surface area contributed by atoms with E-state index in [1.54, 1.807) is 6.20 Å². The standard InChI is InChI=1S/C31H31F3N6O2/c1-2-42-28-23(4-3-12-37-28)25-7-6-24-27(38-25)40(29(41)20-9-13-36-18-20)19-30(24)10-14-39(15-11-30)26-8-5-22(31(32,33)34)16-21(26)17-35/h3-8,12,16,20,36H,2,9-11,13-15,18-19H2,1H3/t20-/m1/s1. The van der Waals surface area contributed by atoms with E-state index in [1.165, 1.54) is 6.07 Å². The Morgan fingerprint density at radius 3 is 2.71 bits per heavy atom. The zero-order valence-electron chi connectivity index (χ0n) is 23.2. The Kier molecular flexibility index (Phi) is 7.27. The van der Waals surface area contributed by atoms with Gasteiger partial charge < -0.3 is 15.0 Å². The molecule has 2 saturated heterocycles. The summed E-state index contributed by atoms with van der Waals surface area (Å²) in [6, 6.07) is 13.0. The maximum Gasteiger partial charge on any atom is 0.416 e. The molecule has 42 heavy (non-hydrogen) atoms. The lowest BCUT2D eigenvalue weighted by Crippen LogP contribution is -2.47. The van der Waals surface area contributed by atoms with Crippen molar-refractivity contribution in [2.45, 2.75) is 37.8 Å². The first-order valence-corrected chi connectivity index (χ1v) is 14.2. The van der Waals surface area contributed by atoms with E-state index >= 15 is 0 Å². The monoisotopic (exact) mass is 576 g/mol. The molecule has 0 saturated carbocycles. The maximum atomic E-state index is 13.8. The summed E-state index contributed by atoms with van der Waals surface area (Å²) in [6.45, 7) is 5.34. The van der Waals surface area contributed by atoms with Crippen LogP contribution >= 0.6 is 0 Å². The molecule has 0 aliphatic carbocycles. The Morgan fingerprint density at radius 1 is 1.21 bits per heavy atom. The number of amides is 1. The highest BCUT2D eigenvalue weighted by molar-refractivity contribution is 5.97. The molecule has 0 bridgehead atoms. The van der Waals surface area contributed by atoms with Crippen molar-refractivity contribution in [3.05, 3.63) is 65.4 Å². The molecule has 3 aromatic rings. The number of nitrogens with one attached hydrogen (secondary N) is 1. The molecule has 1 spiro atoms. The van der Waals surface area contributed by atoms with Gasteiger partial charge in [0.05, 0.1) is 40.6 Å². The zero-order chi connectivity index (χ0) is 29.5. The molecule has 2 fully saturated rings. The fourth-order valence-corrected chi connectivity index (χ4v) is 6.47. The number of alkyl halides is 3. The number of aromatic nitrogens is 2. The summed E-state index contributed by atoms with van der Waals surface area (Å²) in [6.07, 6.45) is -0.748. The van der Waals surface area contributed by atoms with Gasteiger partial charge in [0.15, 0.2) is 0 Å². The molecule has 2 aromatic heterocycles. The van der Waals surface area contributed by atoms with E-state index in [0.29, 0.717) is 68.7 Å². The lowest BCUT2D eigenvalue weighted by atomic mass is 9.74. The van der Waals surface area contributed by atoms with Crippen molar-refractivity contribution in [3.63, 3.8) is 0 Å². The molecule has 11 heteroatoms. The lowest BCUT2D eigenvalue weighted by Gasteiger charge is -2.41. The zero-order valence-corrected chi connectivity index (χ0v) is 23.2. The Morgan fingerprint density at radius 2 is 2.02 bits per heavy atom. The van der Waals surface area contributed by atoms with Crippen LogP contribution in [0.4, 0.5) is 24.7 Å². The first-order chi connectivity index (χ1) is 20.2. The lowest BCUT2D eigenvalue weighted by molar-refractivity contribution is -0.137. The van der Waals surface area contributed by atoms with Crippen LogP contribution in [0.25, 0.3) is 11.3 Å². The fourth-order valence-electron chi connectivity index (χ4n) is 6.47. The van der Waals surface area contributed by atoms with Crippen LogP contribution in [-0.2, 0) is 16.4 Å². The fraction of sp³-hybridized carbons (Fsp3) is 0.419. The smallest absolute Gasteiger partial charge is 0.416 e. The van der Waals surface area contributed by atoms with Crippen LogP contribution in [0.1, 0.15) is 42.9 Å². The number of benzene rings is 1. The molecular weight excluding hydrogens is 545 g/mol. The number of rotatable bonds is 5. The molecule has 218 valence electrons. The highest BCUT2D eigenvalue weighted by atomic mass is 19.4. The van der Waals surface area contributed by atoms with Gasteiger partial charge >= 0.3 is 6.18 Å². The second-order valence-corrected chi connectivity index (χ2v) is 11.1. The number of nitriles is 1. The third-order valence-electron chi connectivity index (χ3n) is 8.67. The Hall–Kier alpha value is -4.17. The summed E-state index contributed by atoms with van der Waals surface area (Å²) < 4.78 is 45.5. The van der Waals surface area contributed by atoms with E-state index in [9.17, 15) is 23.2 Å². The largest absolute Gasteiger partial charge is 0.477 e. The first kappa shape index (κ1) is 28.0. The van der Waals surface area contributed by atoms with Crippen LogP contribution in [0.15, 0.2) is 48.7 Å². The maximum absolute atomic E-state index is 13.8. The molecule has 3 aliphatic heterocycles. The van der Waals surface area contributed by atoms with E-state index in [1.807, 2.05) is 41.0 Å². The Balaban J connectivity index is 1.33. The van der Waals surface area contributed by atoms with Gasteiger partial charge in [0, 0.05) is 43.4 Å². The number of carbonyl (C=O) groups is 1. The van der Waals surface area contributed by atoms with E-state index in [2.05, 4.69) is 16.4 Å².